The highest BCUT2D eigenvalue weighted by atomic mass is 16.5. The molecule has 0 aliphatic carbocycles. The van der Waals surface area contributed by atoms with E-state index in [1.165, 1.54) is 11.1 Å². The van der Waals surface area contributed by atoms with Crippen LogP contribution in [-0.4, -0.2) is 31.2 Å². The molecule has 0 fully saturated rings. The van der Waals surface area contributed by atoms with Crippen molar-refractivity contribution in [2.75, 3.05) is 19.7 Å². The zero-order valence-electron chi connectivity index (χ0n) is 12.6. The summed E-state index contributed by atoms with van der Waals surface area (Å²) >= 11 is 0. The first kappa shape index (κ1) is 15.0. The monoisotopic (exact) mass is 276 g/mol. The lowest BCUT2D eigenvalue weighted by Crippen LogP contribution is -2.41. The topological polar surface area (TPSA) is 50.4 Å². The Balaban J connectivity index is 2.06. The summed E-state index contributed by atoms with van der Waals surface area (Å²) in [7, 11) is 0. The molecule has 0 bridgehead atoms. The summed E-state index contributed by atoms with van der Waals surface area (Å²) in [4.78, 5) is 12.4. The fourth-order valence-electron chi connectivity index (χ4n) is 2.57. The van der Waals surface area contributed by atoms with Gasteiger partial charge in [0.2, 0.25) is 0 Å². The maximum Gasteiger partial charge on any atom is 0.251 e. The second kappa shape index (κ2) is 6.37. The van der Waals surface area contributed by atoms with Gasteiger partial charge in [0.05, 0.1) is 5.60 Å². The molecule has 0 saturated heterocycles. The highest BCUT2D eigenvalue weighted by Gasteiger charge is 2.21. The molecule has 1 aliphatic heterocycles. The number of rotatable bonds is 5. The Kier molecular flexibility index (Phi) is 4.78. The van der Waals surface area contributed by atoms with Gasteiger partial charge in [-0.15, -0.1) is 0 Å². The number of hydrogen-bond acceptors (Lipinski definition) is 3. The molecular weight excluding hydrogens is 252 g/mol. The molecule has 4 heteroatoms. The number of nitrogens with one attached hydrogen (secondary N) is 2. The Morgan fingerprint density at radius 3 is 3.00 bits per heavy atom. The fraction of sp³-hybridized carbons (Fsp3) is 0.562. The van der Waals surface area contributed by atoms with E-state index >= 15 is 0 Å². The molecular formula is C16H24N2O2. The van der Waals surface area contributed by atoms with E-state index in [-0.39, 0.29) is 11.5 Å². The summed E-state index contributed by atoms with van der Waals surface area (Å²) in [6, 6.07) is 5.95. The summed E-state index contributed by atoms with van der Waals surface area (Å²) < 4.78 is 5.60. The van der Waals surface area contributed by atoms with E-state index in [1.807, 2.05) is 32.9 Å². The largest absolute Gasteiger partial charge is 0.374 e. The van der Waals surface area contributed by atoms with Crippen LogP contribution in [0.15, 0.2) is 18.2 Å². The molecule has 20 heavy (non-hydrogen) atoms. The lowest BCUT2D eigenvalue weighted by Gasteiger charge is -2.25. The van der Waals surface area contributed by atoms with Crippen LogP contribution in [0.3, 0.4) is 0 Å². The lowest BCUT2D eigenvalue weighted by atomic mass is 9.95. The van der Waals surface area contributed by atoms with Gasteiger partial charge in [0.25, 0.3) is 5.91 Å². The third kappa shape index (κ3) is 3.58. The van der Waals surface area contributed by atoms with Gasteiger partial charge in [-0.3, -0.25) is 4.79 Å². The van der Waals surface area contributed by atoms with Gasteiger partial charge in [-0.2, -0.15) is 0 Å². The molecule has 1 aliphatic rings. The van der Waals surface area contributed by atoms with Crippen LogP contribution in [0.2, 0.25) is 0 Å². The average Bonchev–Trinajstić information content (AvgIpc) is 2.44. The molecule has 4 nitrogen and oxygen atoms in total. The van der Waals surface area contributed by atoms with Crippen LogP contribution in [0, 0.1) is 0 Å². The predicted molar refractivity (Wildman–Crippen MR) is 79.9 cm³/mol. The maximum absolute atomic E-state index is 12.4. The third-order valence-corrected chi connectivity index (χ3v) is 3.59. The van der Waals surface area contributed by atoms with E-state index in [1.54, 1.807) is 0 Å². The lowest BCUT2D eigenvalue weighted by molar-refractivity contribution is -0.00816. The normalized spacial score (nSPS) is 14.8. The van der Waals surface area contributed by atoms with Crippen molar-refractivity contribution in [3.05, 3.63) is 34.9 Å². The van der Waals surface area contributed by atoms with Crippen molar-refractivity contribution in [1.82, 2.24) is 10.6 Å². The third-order valence-electron chi connectivity index (χ3n) is 3.59. The number of carbonyl (C=O) groups excluding carboxylic acids is 1. The predicted octanol–water partition coefficient (Wildman–Crippen LogP) is 1.88. The van der Waals surface area contributed by atoms with Gasteiger partial charge in [-0.05, 0) is 50.9 Å². The first-order valence-corrected chi connectivity index (χ1v) is 7.27. The molecule has 1 aromatic carbocycles. The van der Waals surface area contributed by atoms with Crippen molar-refractivity contribution in [2.24, 2.45) is 0 Å². The number of amides is 1. The van der Waals surface area contributed by atoms with Crippen LogP contribution in [-0.2, 0) is 17.7 Å². The van der Waals surface area contributed by atoms with Gasteiger partial charge in [0.1, 0.15) is 0 Å². The second-order valence-electron chi connectivity index (χ2n) is 5.75. The smallest absolute Gasteiger partial charge is 0.251 e. The molecule has 110 valence electrons. The summed E-state index contributed by atoms with van der Waals surface area (Å²) in [5.74, 6) is -0.00321. The summed E-state index contributed by atoms with van der Waals surface area (Å²) in [6.45, 7) is 8.88. The summed E-state index contributed by atoms with van der Waals surface area (Å²) in [6.07, 6.45) is 0.910. The van der Waals surface area contributed by atoms with Crippen molar-refractivity contribution in [3.8, 4) is 0 Å². The minimum Gasteiger partial charge on any atom is -0.374 e. The molecule has 2 rings (SSSR count). The maximum atomic E-state index is 12.4. The minimum atomic E-state index is -0.333. The molecule has 0 radical (unpaired) electrons. The highest BCUT2D eigenvalue weighted by molar-refractivity contribution is 5.96. The molecule has 0 saturated carbocycles. The first-order chi connectivity index (χ1) is 9.53. The zero-order valence-corrected chi connectivity index (χ0v) is 12.6. The van der Waals surface area contributed by atoms with Crippen LogP contribution in [0.25, 0.3) is 0 Å². The van der Waals surface area contributed by atoms with Gasteiger partial charge in [-0.25, -0.2) is 0 Å². The van der Waals surface area contributed by atoms with E-state index in [0.29, 0.717) is 13.2 Å². The van der Waals surface area contributed by atoms with Gasteiger partial charge in [-0.1, -0.05) is 12.1 Å². The Hall–Kier alpha value is -1.39. The molecule has 0 atom stereocenters. The van der Waals surface area contributed by atoms with Crippen LogP contribution >= 0.6 is 0 Å². The number of ether oxygens (including phenoxy) is 1. The van der Waals surface area contributed by atoms with Gasteiger partial charge < -0.3 is 15.4 Å². The van der Waals surface area contributed by atoms with Crippen molar-refractivity contribution >= 4 is 5.91 Å². The number of hydrogen-bond donors (Lipinski definition) is 2. The quantitative estimate of drug-likeness (QED) is 0.863. The van der Waals surface area contributed by atoms with Crippen LogP contribution in [0.1, 0.15) is 42.3 Å². The molecule has 1 heterocycles. The van der Waals surface area contributed by atoms with E-state index in [0.717, 1.165) is 25.1 Å². The van der Waals surface area contributed by atoms with E-state index in [4.69, 9.17) is 4.74 Å². The van der Waals surface area contributed by atoms with Crippen molar-refractivity contribution < 1.29 is 9.53 Å². The molecule has 1 amide bonds. The SMILES string of the molecule is CCOC(C)(C)CNC(=O)c1cccc2c1CCNC2. The number of benzene rings is 1. The average molecular weight is 276 g/mol. The molecule has 0 spiro atoms. The zero-order chi connectivity index (χ0) is 14.6. The van der Waals surface area contributed by atoms with Crippen molar-refractivity contribution in [3.63, 3.8) is 0 Å². The van der Waals surface area contributed by atoms with Crippen LogP contribution in [0.4, 0.5) is 0 Å². The standard InChI is InChI=1S/C16H24N2O2/c1-4-20-16(2,3)11-18-15(19)14-7-5-6-12-10-17-9-8-13(12)14/h5-7,17H,4,8-11H2,1-3H3,(H,18,19). The van der Waals surface area contributed by atoms with Crippen LogP contribution < -0.4 is 10.6 Å². The first-order valence-electron chi connectivity index (χ1n) is 7.27. The Morgan fingerprint density at radius 2 is 2.25 bits per heavy atom. The number of carbonyl (C=O) groups is 1. The van der Waals surface area contributed by atoms with Crippen LogP contribution in [0.5, 0.6) is 0 Å². The molecule has 0 unspecified atom stereocenters. The second-order valence-corrected chi connectivity index (χ2v) is 5.75. The minimum absolute atomic E-state index is 0.00321. The molecule has 0 aromatic heterocycles. The summed E-state index contributed by atoms with van der Waals surface area (Å²) in [5.41, 5.74) is 2.88. The van der Waals surface area contributed by atoms with E-state index < -0.39 is 0 Å². The van der Waals surface area contributed by atoms with Crippen molar-refractivity contribution in [1.29, 1.82) is 0 Å². The summed E-state index contributed by atoms with van der Waals surface area (Å²) in [5, 5.41) is 6.32. The Bertz CT molecular complexity index is 483. The number of fused-ring (bicyclic) bond motifs is 1. The Morgan fingerprint density at radius 1 is 1.45 bits per heavy atom. The van der Waals surface area contributed by atoms with E-state index in [9.17, 15) is 4.79 Å². The fourth-order valence-corrected chi connectivity index (χ4v) is 2.57. The van der Waals surface area contributed by atoms with Gasteiger partial charge >= 0.3 is 0 Å². The molecule has 2 N–H and O–H groups in total. The highest BCUT2D eigenvalue weighted by Crippen LogP contribution is 2.19. The molecule has 1 aromatic rings. The van der Waals surface area contributed by atoms with E-state index in [2.05, 4.69) is 16.7 Å². The Labute approximate surface area is 120 Å². The van der Waals surface area contributed by atoms with Gasteiger partial charge in [0, 0.05) is 25.3 Å². The van der Waals surface area contributed by atoms with Gasteiger partial charge in [0.15, 0.2) is 0 Å². The van der Waals surface area contributed by atoms with Crippen molar-refractivity contribution in [2.45, 2.75) is 39.3 Å².